The lowest BCUT2D eigenvalue weighted by atomic mass is 10.1. The summed E-state index contributed by atoms with van der Waals surface area (Å²) in [6.45, 7) is 4.79. The van der Waals surface area contributed by atoms with Crippen LogP contribution in [0.1, 0.15) is 24.5 Å². The first-order valence-corrected chi connectivity index (χ1v) is 6.11. The fraction of sp³-hybridized carbons (Fsp3) is 0.500. The average Bonchev–Trinajstić information content (AvgIpc) is 2.35. The number of nitrogens with one attached hydrogen (secondary N) is 2. The third-order valence-corrected chi connectivity index (χ3v) is 2.86. The molecule has 1 rings (SSSR count). The Hall–Kier alpha value is -1.06. The van der Waals surface area contributed by atoms with Crippen LogP contribution in [0.2, 0.25) is 0 Å². The molecule has 0 saturated heterocycles. The topological polar surface area (TPSA) is 41.1 Å². The smallest absolute Gasteiger partial charge is 0.220 e. The second-order valence-electron chi connectivity index (χ2n) is 4.48. The van der Waals surface area contributed by atoms with Gasteiger partial charge in [-0.05, 0) is 32.9 Å². The van der Waals surface area contributed by atoms with Gasteiger partial charge < -0.3 is 10.6 Å². The zero-order valence-electron chi connectivity index (χ0n) is 11.3. The molecular formula is C14H23ClN2O. The molecule has 0 fully saturated rings. The van der Waals surface area contributed by atoms with Gasteiger partial charge in [0.1, 0.15) is 0 Å². The van der Waals surface area contributed by atoms with Crippen molar-refractivity contribution in [3.8, 4) is 0 Å². The van der Waals surface area contributed by atoms with Crippen molar-refractivity contribution in [3.63, 3.8) is 0 Å². The third kappa shape index (κ3) is 6.62. The largest absolute Gasteiger partial charge is 0.355 e. The van der Waals surface area contributed by atoms with E-state index in [2.05, 4.69) is 41.8 Å². The lowest BCUT2D eigenvalue weighted by molar-refractivity contribution is -0.121. The van der Waals surface area contributed by atoms with E-state index in [1.807, 2.05) is 14.0 Å². The number of likely N-dealkylation sites (N-methyl/N-ethyl adjacent to an activating group) is 1. The normalized spacial score (nSPS) is 11.5. The maximum Gasteiger partial charge on any atom is 0.220 e. The molecule has 1 unspecified atom stereocenters. The Morgan fingerprint density at radius 3 is 2.44 bits per heavy atom. The van der Waals surface area contributed by atoms with Crippen LogP contribution in [0, 0.1) is 6.92 Å². The molecule has 18 heavy (non-hydrogen) atoms. The van der Waals surface area contributed by atoms with Crippen molar-refractivity contribution in [3.05, 3.63) is 35.4 Å². The molecule has 0 aliphatic heterocycles. The second kappa shape index (κ2) is 8.95. The maximum atomic E-state index is 11.6. The number of benzene rings is 1. The number of halogens is 1. The van der Waals surface area contributed by atoms with Crippen molar-refractivity contribution in [1.82, 2.24) is 10.6 Å². The molecule has 4 heteroatoms. The highest BCUT2D eigenvalue weighted by Crippen LogP contribution is 2.05. The molecule has 0 radical (unpaired) electrons. The average molecular weight is 271 g/mol. The minimum atomic E-state index is 0. The van der Waals surface area contributed by atoms with Gasteiger partial charge in [-0.1, -0.05) is 29.8 Å². The van der Waals surface area contributed by atoms with Gasteiger partial charge >= 0.3 is 0 Å². The van der Waals surface area contributed by atoms with Crippen LogP contribution in [0.3, 0.4) is 0 Å². The Bertz CT molecular complexity index is 351. The van der Waals surface area contributed by atoms with Gasteiger partial charge in [0.05, 0.1) is 0 Å². The predicted octanol–water partition coefficient (Wildman–Crippen LogP) is 2.07. The molecule has 0 spiro atoms. The first-order valence-electron chi connectivity index (χ1n) is 6.11. The number of hydrogen-bond donors (Lipinski definition) is 2. The summed E-state index contributed by atoms with van der Waals surface area (Å²) >= 11 is 0. The van der Waals surface area contributed by atoms with Crippen molar-refractivity contribution >= 4 is 18.3 Å². The van der Waals surface area contributed by atoms with Gasteiger partial charge in [-0.15, -0.1) is 12.4 Å². The van der Waals surface area contributed by atoms with Gasteiger partial charge in [-0.3, -0.25) is 4.79 Å². The van der Waals surface area contributed by atoms with E-state index < -0.39 is 0 Å². The van der Waals surface area contributed by atoms with Crippen molar-refractivity contribution in [2.24, 2.45) is 0 Å². The Morgan fingerprint density at radius 2 is 1.89 bits per heavy atom. The standard InChI is InChI=1S/C14H22N2O.ClH/c1-11-4-6-13(7-5-11)8-9-14(17)16-10-12(2)15-3;/h4-7,12,15H,8-10H2,1-3H3,(H,16,17);1H. The fourth-order valence-corrected chi connectivity index (χ4v) is 1.47. The van der Waals surface area contributed by atoms with Crippen molar-refractivity contribution in [1.29, 1.82) is 0 Å². The zero-order valence-corrected chi connectivity index (χ0v) is 12.1. The lowest BCUT2D eigenvalue weighted by Crippen LogP contribution is -2.37. The molecule has 1 aromatic rings. The molecule has 1 amide bonds. The minimum Gasteiger partial charge on any atom is -0.355 e. The summed E-state index contributed by atoms with van der Waals surface area (Å²) in [6, 6.07) is 8.64. The van der Waals surface area contributed by atoms with Crippen molar-refractivity contribution in [2.45, 2.75) is 32.7 Å². The summed E-state index contributed by atoms with van der Waals surface area (Å²) in [6.07, 6.45) is 1.36. The molecule has 2 N–H and O–H groups in total. The molecule has 0 bridgehead atoms. The second-order valence-corrected chi connectivity index (χ2v) is 4.48. The molecule has 1 atom stereocenters. The van der Waals surface area contributed by atoms with Crippen LogP contribution < -0.4 is 10.6 Å². The van der Waals surface area contributed by atoms with Crippen molar-refractivity contribution in [2.75, 3.05) is 13.6 Å². The first kappa shape index (κ1) is 16.9. The lowest BCUT2D eigenvalue weighted by Gasteiger charge is -2.11. The highest BCUT2D eigenvalue weighted by atomic mass is 35.5. The maximum absolute atomic E-state index is 11.6. The van der Waals surface area contributed by atoms with Gasteiger partial charge in [-0.25, -0.2) is 0 Å². The van der Waals surface area contributed by atoms with Crippen LogP contribution in [-0.2, 0) is 11.2 Å². The molecule has 0 saturated carbocycles. The third-order valence-electron chi connectivity index (χ3n) is 2.86. The van der Waals surface area contributed by atoms with Crippen LogP contribution in [0.25, 0.3) is 0 Å². The summed E-state index contributed by atoms with van der Waals surface area (Å²) in [5.41, 5.74) is 2.47. The van der Waals surface area contributed by atoms with E-state index in [4.69, 9.17) is 0 Å². The number of rotatable bonds is 6. The van der Waals surface area contributed by atoms with Gasteiger partial charge in [0.15, 0.2) is 0 Å². The number of carbonyl (C=O) groups is 1. The van der Waals surface area contributed by atoms with Gasteiger partial charge in [0, 0.05) is 19.0 Å². The number of carbonyl (C=O) groups excluding carboxylic acids is 1. The monoisotopic (exact) mass is 270 g/mol. The van der Waals surface area contributed by atoms with E-state index in [-0.39, 0.29) is 18.3 Å². The summed E-state index contributed by atoms with van der Waals surface area (Å²) in [5, 5.41) is 6.00. The zero-order chi connectivity index (χ0) is 12.7. The summed E-state index contributed by atoms with van der Waals surface area (Å²) in [5.74, 6) is 0.118. The molecule has 102 valence electrons. The van der Waals surface area contributed by atoms with Gasteiger partial charge in [0.2, 0.25) is 5.91 Å². The molecule has 0 aliphatic carbocycles. The Kier molecular flexibility index (Phi) is 8.42. The van der Waals surface area contributed by atoms with E-state index in [0.29, 0.717) is 19.0 Å². The van der Waals surface area contributed by atoms with Gasteiger partial charge in [-0.2, -0.15) is 0 Å². The van der Waals surface area contributed by atoms with Gasteiger partial charge in [0.25, 0.3) is 0 Å². The SMILES string of the molecule is CNC(C)CNC(=O)CCc1ccc(C)cc1.Cl. The van der Waals surface area contributed by atoms with E-state index in [1.165, 1.54) is 11.1 Å². The van der Waals surface area contributed by atoms with E-state index in [9.17, 15) is 4.79 Å². The molecule has 3 nitrogen and oxygen atoms in total. The predicted molar refractivity (Wildman–Crippen MR) is 78.3 cm³/mol. The number of amides is 1. The van der Waals surface area contributed by atoms with E-state index in [1.54, 1.807) is 0 Å². The van der Waals surface area contributed by atoms with Crippen LogP contribution in [0.15, 0.2) is 24.3 Å². The van der Waals surface area contributed by atoms with Crippen LogP contribution >= 0.6 is 12.4 Å². The molecule has 1 aromatic carbocycles. The Balaban J connectivity index is 0.00000289. The van der Waals surface area contributed by atoms with Crippen LogP contribution in [0.4, 0.5) is 0 Å². The quantitative estimate of drug-likeness (QED) is 0.831. The van der Waals surface area contributed by atoms with Crippen molar-refractivity contribution < 1.29 is 4.79 Å². The molecule has 0 aliphatic rings. The number of hydrogen-bond acceptors (Lipinski definition) is 2. The van der Waals surface area contributed by atoms with E-state index in [0.717, 1.165) is 6.42 Å². The highest BCUT2D eigenvalue weighted by molar-refractivity contribution is 5.85. The summed E-state index contributed by atoms with van der Waals surface area (Å²) in [7, 11) is 1.89. The Labute approximate surface area is 116 Å². The number of aryl methyl sites for hydroxylation is 2. The molecule has 0 heterocycles. The fourth-order valence-electron chi connectivity index (χ4n) is 1.47. The van der Waals surface area contributed by atoms with E-state index >= 15 is 0 Å². The summed E-state index contributed by atoms with van der Waals surface area (Å²) < 4.78 is 0. The van der Waals surface area contributed by atoms with Crippen LogP contribution in [-0.4, -0.2) is 25.5 Å². The highest BCUT2D eigenvalue weighted by Gasteiger charge is 2.04. The molecular weight excluding hydrogens is 248 g/mol. The van der Waals surface area contributed by atoms with Crippen LogP contribution in [0.5, 0.6) is 0 Å². The Morgan fingerprint density at radius 1 is 1.28 bits per heavy atom. The molecule has 0 aromatic heterocycles. The first-order chi connectivity index (χ1) is 8.11. The summed E-state index contributed by atoms with van der Waals surface area (Å²) in [4.78, 5) is 11.6. The minimum absolute atomic E-state index is 0.